The smallest absolute Gasteiger partial charge is 0.437 e. The van der Waals surface area contributed by atoms with Crippen LogP contribution in [0.4, 0.5) is 18.0 Å². The van der Waals surface area contributed by atoms with Crippen molar-refractivity contribution in [2.75, 3.05) is 7.11 Å². The Labute approximate surface area is 107 Å². The van der Waals surface area contributed by atoms with Crippen LogP contribution in [0.1, 0.15) is 20.8 Å². The number of alkyl carbamates (subject to hydrolysis) is 1. The van der Waals surface area contributed by atoms with Gasteiger partial charge in [-0.25, -0.2) is 9.59 Å². The largest absolute Gasteiger partial charge is 0.466 e. The summed E-state index contributed by atoms with van der Waals surface area (Å²) in [4.78, 5) is 18.6. The zero-order valence-corrected chi connectivity index (χ0v) is 10.9. The third kappa shape index (κ3) is 4.25. The van der Waals surface area contributed by atoms with Crippen LogP contribution >= 0.6 is 11.6 Å². The molecule has 0 unspecified atom stereocenters. The van der Waals surface area contributed by atoms with Crippen molar-refractivity contribution in [1.29, 1.82) is 0 Å². The lowest BCUT2D eigenvalue weighted by molar-refractivity contribution is -0.191. The highest BCUT2D eigenvalue weighted by Gasteiger charge is 2.62. The predicted octanol–water partition coefficient (Wildman–Crippen LogP) is 2.18. The molecule has 0 aliphatic rings. The standard InChI is InChI=1S/C9H13ClF3NO4/c1-7(2,3)18-6(16)14-8(10,5(15)17-4)9(11,12)13/h1-4H3,(H,14,16)/t8-/m1/s1. The average molecular weight is 292 g/mol. The van der Waals surface area contributed by atoms with Crippen LogP contribution in [0.2, 0.25) is 0 Å². The van der Waals surface area contributed by atoms with Crippen LogP contribution in [-0.4, -0.2) is 35.9 Å². The zero-order chi connectivity index (χ0) is 14.8. The first-order chi connectivity index (χ1) is 7.83. The van der Waals surface area contributed by atoms with Crippen molar-refractivity contribution < 1.29 is 32.2 Å². The summed E-state index contributed by atoms with van der Waals surface area (Å²) in [5.41, 5.74) is -1.04. The first kappa shape index (κ1) is 16.8. The summed E-state index contributed by atoms with van der Waals surface area (Å²) in [5.74, 6) is -1.86. The van der Waals surface area contributed by atoms with Crippen LogP contribution in [0.3, 0.4) is 0 Å². The minimum atomic E-state index is -5.24. The summed E-state index contributed by atoms with van der Waals surface area (Å²) >= 11 is 5.08. The predicted molar refractivity (Wildman–Crippen MR) is 56.0 cm³/mol. The topological polar surface area (TPSA) is 64.6 Å². The summed E-state index contributed by atoms with van der Waals surface area (Å²) < 4.78 is 46.4. The molecule has 0 spiro atoms. The Kier molecular flexibility index (Phi) is 4.87. The van der Waals surface area contributed by atoms with Gasteiger partial charge in [0.1, 0.15) is 5.60 Å². The molecule has 9 heteroatoms. The number of carbonyl (C=O) groups excluding carboxylic acids is 2. The van der Waals surface area contributed by atoms with E-state index in [0.717, 1.165) is 0 Å². The molecule has 1 amide bonds. The van der Waals surface area contributed by atoms with E-state index in [1.807, 2.05) is 0 Å². The lowest BCUT2D eigenvalue weighted by atomic mass is 10.2. The second kappa shape index (κ2) is 5.21. The molecule has 0 aromatic rings. The lowest BCUT2D eigenvalue weighted by Crippen LogP contribution is -2.61. The summed E-state index contributed by atoms with van der Waals surface area (Å²) in [6.45, 7) is 4.32. The number of nitrogens with one attached hydrogen (secondary N) is 1. The van der Waals surface area contributed by atoms with Gasteiger partial charge in [-0.15, -0.1) is 0 Å². The monoisotopic (exact) mass is 291 g/mol. The molecule has 0 aromatic heterocycles. The molecule has 106 valence electrons. The number of esters is 1. The molecule has 1 N–H and O–H groups in total. The number of rotatable bonds is 2. The highest BCUT2D eigenvalue weighted by atomic mass is 35.5. The van der Waals surface area contributed by atoms with Gasteiger partial charge in [-0.1, -0.05) is 11.6 Å². The van der Waals surface area contributed by atoms with Crippen molar-refractivity contribution in [2.24, 2.45) is 0 Å². The highest BCUT2D eigenvalue weighted by molar-refractivity contribution is 6.35. The molecule has 0 aliphatic heterocycles. The quantitative estimate of drug-likeness (QED) is 0.481. The first-order valence-electron chi connectivity index (χ1n) is 4.68. The summed E-state index contributed by atoms with van der Waals surface area (Å²) in [6, 6.07) is 0. The van der Waals surface area contributed by atoms with E-state index < -0.39 is 28.8 Å². The zero-order valence-electron chi connectivity index (χ0n) is 10.1. The molecular weight excluding hydrogens is 279 g/mol. The molecule has 0 radical (unpaired) electrons. The Morgan fingerprint density at radius 3 is 1.89 bits per heavy atom. The average Bonchev–Trinajstić information content (AvgIpc) is 2.11. The molecule has 5 nitrogen and oxygen atoms in total. The Balaban J connectivity index is 5.06. The molecule has 0 aromatic carbocycles. The van der Waals surface area contributed by atoms with Crippen molar-refractivity contribution in [1.82, 2.24) is 5.32 Å². The molecular formula is C9H13ClF3NO4. The Morgan fingerprint density at radius 1 is 1.17 bits per heavy atom. The second-order valence-corrected chi connectivity index (χ2v) is 4.84. The molecule has 0 fully saturated rings. The number of amides is 1. The van der Waals surface area contributed by atoms with Gasteiger partial charge in [0, 0.05) is 0 Å². The third-order valence-electron chi connectivity index (χ3n) is 1.53. The summed E-state index contributed by atoms with van der Waals surface area (Å²) in [7, 11) is 0.710. The number of methoxy groups -OCH3 is 1. The van der Waals surface area contributed by atoms with Crippen molar-refractivity contribution in [3.8, 4) is 0 Å². The van der Waals surface area contributed by atoms with Crippen LogP contribution in [0.15, 0.2) is 0 Å². The van der Waals surface area contributed by atoms with Crippen molar-refractivity contribution in [2.45, 2.75) is 37.5 Å². The molecule has 0 saturated heterocycles. The minimum Gasteiger partial charge on any atom is -0.466 e. The van der Waals surface area contributed by atoms with Crippen LogP contribution in [0, 0.1) is 0 Å². The SMILES string of the molecule is COC(=O)[C@@](Cl)(NC(=O)OC(C)(C)C)C(F)(F)F. The van der Waals surface area contributed by atoms with E-state index in [0.29, 0.717) is 7.11 Å². The van der Waals surface area contributed by atoms with E-state index in [1.165, 1.54) is 26.1 Å². The van der Waals surface area contributed by atoms with Gasteiger partial charge in [0.05, 0.1) is 7.11 Å². The molecule has 0 heterocycles. The van der Waals surface area contributed by atoms with E-state index in [1.54, 1.807) is 0 Å². The first-order valence-corrected chi connectivity index (χ1v) is 5.06. The maximum Gasteiger partial charge on any atom is 0.437 e. The molecule has 0 rings (SSSR count). The lowest BCUT2D eigenvalue weighted by Gasteiger charge is -2.29. The summed E-state index contributed by atoms with van der Waals surface area (Å²) in [5, 5.41) is 1.25. The van der Waals surface area contributed by atoms with Crippen LogP contribution in [-0.2, 0) is 14.3 Å². The van der Waals surface area contributed by atoms with Gasteiger partial charge in [0.25, 0.3) is 0 Å². The fourth-order valence-electron chi connectivity index (χ4n) is 0.823. The van der Waals surface area contributed by atoms with Gasteiger partial charge in [0.15, 0.2) is 0 Å². The van der Waals surface area contributed by atoms with Gasteiger partial charge in [-0.3, -0.25) is 5.32 Å². The van der Waals surface area contributed by atoms with Gasteiger partial charge in [-0.05, 0) is 20.8 Å². The van der Waals surface area contributed by atoms with Gasteiger partial charge in [-0.2, -0.15) is 13.2 Å². The normalized spacial score (nSPS) is 15.6. The summed E-state index contributed by atoms with van der Waals surface area (Å²) in [6.07, 6.45) is -6.72. The molecule has 18 heavy (non-hydrogen) atoms. The highest BCUT2D eigenvalue weighted by Crippen LogP contribution is 2.35. The number of hydrogen-bond acceptors (Lipinski definition) is 4. The number of alkyl halides is 4. The number of halogens is 4. The molecule has 0 saturated carbocycles. The number of carbonyl (C=O) groups is 2. The number of hydrogen-bond donors (Lipinski definition) is 1. The van der Waals surface area contributed by atoms with Gasteiger partial charge in [0.2, 0.25) is 0 Å². The Hall–Kier alpha value is -1.18. The van der Waals surface area contributed by atoms with E-state index in [9.17, 15) is 22.8 Å². The molecule has 0 aliphatic carbocycles. The number of ether oxygens (including phenoxy) is 2. The van der Waals surface area contributed by atoms with Crippen LogP contribution in [0.5, 0.6) is 0 Å². The van der Waals surface area contributed by atoms with Gasteiger partial charge >= 0.3 is 23.2 Å². The molecule has 0 bridgehead atoms. The van der Waals surface area contributed by atoms with Crippen LogP contribution < -0.4 is 5.32 Å². The van der Waals surface area contributed by atoms with Crippen LogP contribution in [0.25, 0.3) is 0 Å². The van der Waals surface area contributed by atoms with E-state index >= 15 is 0 Å². The molecule has 1 atom stereocenters. The maximum atomic E-state index is 12.6. The Morgan fingerprint density at radius 2 is 1.61 bits per heavy atom. The van der Waals surface area contributed by atoms with Crippen molar-refractivity contribution >= 4 is 23.7 Å². The van der Waals surface area contributed by atoms with E-state index in [-0.39, 0.29) is 0 Å². The van der Waals surface area contributed by atoms with Crippen molar-refractivity contribution in [3.63, 3.8) is 0 Å². The Bertz CT molecular complexity index is 340. The third-order valence-corrected chi connectivity index (χ3v) is 1.99. The fourth-order valence-corrected chi connectivity index (χ4v) is 0.977. The van der Waals surface area contributed by atoms with E-state index in [4.69, 9.17) is 11.6 Å². The van der Waals surface area contributed by atoms with Gasteiger partial charge < -0.3 is 9.47 Å². The van der Waals surface area contributed by atoms with E-state index in [2.05, 4.69) is 9.47 Å². The minimum absolute atomic E-state index is 0.710. The van der Waals surface area contributed by atoms with Crippen molar-refractivity contribution in [3.05, 3.63) is 0 Å². The second-order valence-electron chi connectivity index (χ2n) is 4.27. The fraction of sp³-hybridized carbons (Fsp3) is 0.778. The maximum absolute atomic E-state index is 12.6.